The molecule has 2 aromatic rings. The Labute approximate surface area is 131 Å². The number of para-hydroxylation sites is 1. The lowest BCUT2D eigenvalue weighted by atomic mass is 10.3. The number of hydrogen-bond donors (Lipinski definition) is 0. The smallest absolute Gasteiger partial charge is 0.340 e. The fraction of sp³-hybridized carbons (Fsp3) is 0.0769. The summed E-state index contributed by atoms with van der Waals surface area (Å²) in [5, 5.41) is 0. The summed E-state index contributed by atoms with van der Waals surface area (Å²) in [5.41, 5.74) is 0. The van der Waals surface area contributed by atoms with E-state index in [4.69, 9.17) is 4.18 Å². The Hall–Kier alpha value is -1.38. The molecule has 2 rings (SSSR count). The Morgan fingerprint density at radius 2 is 1.57 bits per heavy atom. The second-order valence-electron chi connectivity index (χ2n) is 4.21. The van der Waals surface area contributed by atoms with E-state index in [1.54, 1.807) is 18.2 Å². The summed E-state index contributed by atoms with van der Waals surface area (Å²) in [6.07, 6.45) is 1.00. The van der Waals surface area contributed by atoms with E-state index in [-0.39, 0.29) is 20.0 Å². The van der Waals surface area contributed by atoms with Crippen LogP contribution in [0.2, 0.25) is 0 Å². The molecule has 0 saturated carbocycles. The van der Waals surface area contributed by atoms with E-state index in [0.29, 0.717) is 0 Å². The molecule has 5 nitrogen and oxygen atoms in total. The minimum atomic E-state index is -4.14. The highest BCUT2D eigenvalue weighted by Crippen LogP contribution is 2.27. The zero-order valence-corrected chi connectivity index (χ0v) is 14.1. The van der Waals surface area contributed by atoms with Crippen molar-refractivity contribution >= 4 is 35.9 Å². The largest absolute Gasteiger partial charge is 0.379 e. The second kappa shape index (κ2) is 5.78. The van der Waals surface area contributed by atoms with Crippen LogP contribution >= 0.6 is 15.9 Å². The van der Waals surface area contributed by atoms with Crippen LogP contribution in [-0.4, -0.2) is 23.1 Å². The van der Waals surface area contributed by atoms with E-state index in [1.165, 1.54) is 24.3 Å². The average molecular weight is 391 g/mol. The van der Waals surface area contributed by atoms with Crippen molar-refractivity contribution in [2.75, 3.05) is 6.26 Å². The highest BCUT2D eigenvalue weighted by atomic mass is 79.9. The SMILES string of the molecule is CS(=O)(=O)c1ccc(Br)c(S(=O)(=O)Oc2ccccc2)c1. The van der Waals surface area contributed by atoms with Gasteiger partial charge in [-0.05, 0) is 46.3 Å². The third-order valence-corrected chi connectivity index (χ3v) is 5.90. The van der Waals surface area contributed by atoms with E-state index in [1.807, 2.05) is 0 Å². The van der Waals surface area contributed by atoms with Crippen molar-refractivity contribution in [1.29, 1.82) is 0 Å². The molecule has 0 radical (unpaired) electrons. The van der Waals surface area contributed by atoms with Gasteiger partial charge < -0.3 is 4.18 Å². The normalized spacial score (nSPS) is 12.1. The third-order valence-electron chi connectivity index (χ3n) is 2.55. The molecule has 0 amide bonds. The Morgan fingerprint density at radius 1 is 0.952 bits per heavy atom. The van der Waals surface area contributed by atoms with Crippen LogP contribution in [0.3, 0.4) is 0 Å². The van der Waals surface area contributed by atoms with E-state index in [9.17, 15) is 16.8 Å². The van der Waals surface area contributed by atoms with Gasteiger partial charge in [0.25, 0.3) is 0 Å². The van der Waals surface area contributed by atoms with Crippen molar-refractivity contribution < 1.29 is 21.0 Å². The molecular weight excluding hydrogens is 380 g/mol. The van der Waals surface area contributed by atoms with Crippen LogP contribution in [0, 0.1) is 0 Å². The van der Waals surface area contributed by atoms with Crippen molar-refractivity contribution in [3.05, 3.63) is 53.0 Å². The first kappa shape index (κ1) is 16.0. The molecule has 2 aromatic carbocycles. The second-order valence-corrected chi connectivity index (χ2v) is 8.60. The molecule has 0 bridgehead atoms. The first-order chi connectivity index (χ1) is 9.70. The predicted molar refractivity (Wildman–Crippen MR) is 81.5 cm³/mol. The molecule has 0 saturated heterocycles. The first-order valence-corrected chi connectivity index (χ1v) is 9.78. The molecule has 112 valence electrons. The van der Waals surface area contributed by atoms with Gasteiger partial charge >= 0.3 is 10.1 Å². The molecule has 0 aliphatic rings. The highest BCUT2D eigenvalue weighted by Gasteiger charge is 2.22. The molecular formula is C13H11BrO5S2. The topological polar surface area (TPSA) is 77.5 Å². The Bertz CT molecular complexity index is 859. The van der Waals surface area contributed by atoms with Crippen molar-refractivity contribution in [2.45, 2.75) is 9.79 Å². The van der Waals surface area contributed by atoms with Gasteiger partial charge in [0.05, 0.1) is 4.90 Å². The zero-order valence-electron chi connectivity index (χ0n) is 10.9. The maximum atomic E-state index is 12.3. The van der Waals surface area contributed by atoms with Crippen molar-refractivity contribution in [1.82, 2.24) is 0 Å². The molecule has 0 fully saturated rings. The molecule has 0 atom stereocenters. The molecule has 0 N–H and O–H groups in total. The molecule has 8 heteroatoms. The summed E-state index contributed by atoms with van der Waals surface area (Å²) in [6, 6.07) is 11.7. The first-order valence-electron chi connectivity index (χ1n) is 5.69. The molecule has 0 aliphatic heterocycles. The molecule has 0 spiro atoms. The summed E-state index contributed by atoms with van der Waals surface area (Å²) in [5.74, 6) is 0.147. The molecule has 21 heavy (non-hydrogen) atoms. The standard InChI is InChI=1S/C13H11BrO5S2/c1-20(15,16)11-7-8-12(14)13(9-11)21(17,18)19-10-5-3-2-4-6-10/h2-9H,1H3. The summed E-state index contributed by atoms with van der Waals surface area (Å²) < 4.78 is 52.8. The van der Waals surface area contributed by atoms with Crippen LogP contribution < -0.4 is 4.18 Å². The number of hydrogen-bond acceptors (Lipinski definition) is 5. The third kappa shape index (κ3) is 3.84. The Balaban J connectivity index is 2.50. The van der Waals surface area contributed by atoms with Crippen LogP contribution in [0.15, 0.2) is 62.8 Å². The predicted octanol–water partition coefficient (Wildman–Crippen LogP) is 2.62. The van der Waals surface area contributed by atoms with Gasteiger partial charge in [-0.25, -0.2) is 8.42 Å². The molecule has 0 aliphatic carbocycles. The summed E-state index contributed by atoms with van der Waals surface area (Å²) in [7, 11) is -7.65. The van der Waals surface area contributed by atoms with Crippen molar-refractivity contribution in [3.8, 4) is 5.75 Å². The lowest BCUT2D eigenvalue weighted by molar-refractivity contribution is 0.485. The van der Waals surface area contributed by atoms with Crippen LogP contribution in [0.1, 0.15) is 0 Å². The van der Waals surface area contributed by atoms with Crippen molar-refractivity contribution in [2.24, 2.45) is 0 Å². The van der Waals surface area contributed by atoms with E-state index in [0.717, 1.165) is 12.3 Å². The van der Waals surface area contributed by atoms with E-state index >= 15 is 0 Å². The highest BCUT2D eigenvalue weighted by molar-refractivity contribution is 9.10. The van der Waals surface area contributed by atoms with E-state index in [2.05, 4.69) is 15.9 Å². The summed E-state index contributed by atoms with van der Waals surface area (Å²) >= 11 is 3.09. The van der Waals surface area contributed by atoms with Gasteiger partial charge in [0.1, 0.15) is 10.6 Å². The zero-order chi connectivity index (χ0) is 15.7. The van der Waals surface area contributed by atoms with Gasteiger partial charge in [-0.15, -0.1) is 0 Å². The maximum Gasteiger partial charge on any atom is 0.340 e. The van der Waals surface area contributed by atoms with Crippen LogP contribution in [0.4, 0.5) is 0 Å². The van der Waals surface area contributed by atoms with Crippen molar-refractivity contribution in [3.63, 3.8) is 0 Å². The number of rotatable bonds is 4. The van der Waals surface area contributed by atoms with Gasteiger partial charge in [-0.2, -0.15) is 8.42 Å². The van der Waals surface area contributed by atoms with Gasteiger partial charge in [0, 0.05) is 10.7 Å². The summed E-state index contributed by atoms with van der Waals surface area (Å²) in [4.78, 5) is -0.338. The van der Waals surface area contributed by atoms with Crippen LogP contribution in [0.5, 0.6) is 5.75 Å². The average Bonchev–Trinajstić information content (AvgIpc) is 2.38. The van der Waals surface area contributed by atoms with Gasteiger partial charge in [-0.3, -0.25) is 0 Å². The number of sulfone groups is 1. The Kier molecular flexibility index (Phi) is 4.40. The lowest BCUT2D eigenvalue weighted by Gasteiger charge is -2.09. The number of benzene rings is 2. The minimum absolute atomic E-state index is 0.0964. The van der Waals surface area contributed by atoms with Crippen LogP contribution in [-0.2, 0) is 20.0 Å². The molecule has 0 unspecified atom stereocenters. The van der Waals surface area contributed by atoms with Gasteiger partial charge in [0.15, 0.2) is 9.84 Å². The lowest BCUT2D eigenvalue weighted by Crippen LogP contribution is -2.11. The van der Waals surface area contributed by atoms with E-state index < -0.39 is 20.0 Å². The quantitative estimate of drug-likeness (QED) is 0.749. The monoisotopic (exact) mass is 390 g/mol. The van der Waals surface area contributed by atoms with Crippen LogP contribution in [0.25, 0.3) is 0 Å². The van der Waals surface area contributed by atoms with Gasteiger partial charge in [0.2, 0.25) is 0 Å². The maximum absolute atomic E-state index is 12.3. The molecule has 0 heterocycles. The fourth-order valence-corrected chi connectivity index (χ4v) is 4.15. The number of halogens is 1. The summed E-state index contributed by atoms with van der Waals surface area (Å²) in [6.45, 7) is 0. The Morgan fingerprint density at radius 3 is 2.14 bits per heavy atom. The minimum Gasteiger partial charge on any atom is -0.379 e. The fourth-order valence-electron chi connectivity index (χ4n) is 1.55. The van der Waals surface area contributed by atoms with Gasteiger partial charge in [-0.1, -0.05) is 18.2 Å². The molecule has 0 aromatic heterocycles.